The van der Waals surface area contributed by atoms with Gasteiger partial charge in [0.05, 0.1) is 22.0 Å². The van der Waals surface area contributed by atoms with Gasteiger partial charge in [0.1, 0.15) is 6.04 Å². The molecule has 1 N–H and O–H groups in total. The Kier molecular flexibility index (Phi) is 11.7. The van der Waals surface area contributed by atoms with Gasteiger partial charge >= 0.3 is 0 Å². The van der Waals surface area contributed by atoms with Crippen molar-refractivity contribution in [3.63, 3.8) is 0 Å². The van der Waals surface area contributed by atoms with Crippen molar-refractivity contribution in [2.75, 3.05) is 17.1 Å². The molecule has 2 amide bonds. The molecule has 1 saturated carbocycles. The molecule has 0 heterocycles. The number of aryl methyl sites for hydroxylation is 2. The predicted molar refractivity (Wildman–Crippen MR) is 163 cm³/mol. The summed E-state index contributed by atoms with van der Waals surface area (Å²) in [5.41, 5.74) is 3.27. The Balaban J connectivity index is 1.79. The topological polar surface area (TPSA) is 86.8 Å². The summed E-state index contributed by atoms with van der Waals surface area (Å²) < 4.78 is 26.6. The lowest BCUT2D eigenvalue weighted by Crippen LogP contribution is -2.51. The zero-order chi connectivity index (χ0) is 29.4. The predicted octanol–water partition coefficient (Wildman–Crippen LogP) is 6.41. The molecule has 1 fully saturated rings. The van der Waals surface area contributed by atoms with Crippen molar-refractivity contribution in [1.29, 1.82) is 0 Å². The minimum atomic E-state index is -3.56. The largest absolute Gasteiger partial charge is 0.352 e. The molecule has 1 atom stereocenters. The van der Waals surface area contributed by atoms with Gasteiger partial charge < -0.3 is 10.2 Å². The van der Waals surface area contributed by atoms with Crippen molar-refractivity contribution in [3.05, 3.63) is 63.1 Å². The van der Waals surface area contributed by atoms with Gasteiger partial charge in [-0.2, -0.15) is 0 Å². The van der Waals surface area contributed by atoms with Crippen LogP contribution in [-0.4, -0.2) is 50.0 Å². The molecule has 0 spiro atoms. The van der Waals surface area contributed by atoms with Crippen LogP contribution < -0.4 is 9.62 Å². The third kappa shape index (κ3) is 9.11. The van der Waals surface area contributed by atoms with E-state index < -0.39 is 16.1 Å². The van der Waals surface area contributed by atoms with Crippen LogP contribution in [-0.2, 0) is 26.2 Å². The highest BCUT2D eigenvalue weighted by Gasteiger charge is 2.30. The Morgan fingerprint density at radius 2 is 1.65 bits per heavy atom. The maximum absolute atomic E-state index is 13.7. The van der Waals surface area contributed by atoms with Crippen molar-refractivity contribution < 1.29 is 18.0 Å². The van der Waals surface area contributed by atoms with E-state index in [1.807, 2.05) is 39.0 Å². The maximum atomic E-state index is 13.7. The summed E-state index contributed by atoms with van der Waals surface area (Å²) in [5, 5.41) is 3.96. The van der Waals surface area contributed by atoms with E-state index in [-0.39, 0.29) is 37.4 Å². The van der Waals surface area contributed by atoms with Gasteiger partial charge in [-0.05, 0) is 80.5 Å². The first-order valence-electron chi connectivity index (χ1n) is 14.0. The first-order valence-corrected chi connectivity index (χ1v) is 16.6. The molecule has 0 aliphatic heterocycles. The van der Waals surface area contributed by atoms with Crippen molar-refractivity contribution in [2.45, 2.75) is 90.8 Å². The van der Waals surface area contributed by atoms with Crippen molar-refractivity contribution in [1.82, 2.24) is 10.2 Å². The van der Waals surface area contributed by atoms with E-state index in [0.717, 1.165) is 42.4 Å². The number of nitrogens with zero attached hydrogens (tertiary/aromatic N) is 2. The molecular weight excluding hydrogens is 569 g/mol. The average Bonchev–Trinajstić information content (AvgIpc) is 2.87. The Morgan fingerprint density at radius 1 is 1.00 bits per heavy atom. The summed E-state index contributed by atoms with van der Waals surface area (Å²) in [6, 6.07) is 10.3. The second-order valence-electron chi connectivity index (χ2n) is 10.8. The van der Waals surface area contributed by atoms with Gasteiger partial charge in [0.2, 0.25) is 21.8 Å². The third-order valence-electron chi connectivity index (χ3n) is 7.32. The van der Waals surface area contributed by atoms with Gasteiger partial charge in [0.25, 0.3) is 0 Å². The molecule has 2 aromatic carbocycles. The number of amides is 2. The van der Waals surface area contributed by atoms with Gasteiger partial charge in [-0.25, -0.2) is 8.42 Å². The normalized spacial score (nSPS) is 14.9. The van der Waals surface area contributed by atoms with Gasteiger partial charge in [-0.3, -0.25) is 13.9 Å². The Hall–Kier alpha value is -2.29. The van der Waals surface area contributed by atoms with Crippen LogP contribution in [0.2, 0.25) is 10.0 Å². The highest BCUT2D eigenvalue weighted by atomic mass is 35.5. The first-order chi connectivity index (χ1) is 18.9. The Labute approximate surface area is 249 Å². The molecular formula is C30H41Cl2N3O4S. The molecule has 10 heteroatoms. The van der Waals surface area contributed by atoms with Crippen LogP contribution in [0, 0.1) is 13.8 Å². The second kappa shape index (κ2) is 14.6. The van der Waals surface area contributed by atoms with E-state index in [0.29, 0.717) is 28.6 Å². The number of rotatable bonds is 12. The number of hydrogen-bond acceptors (Lipinski definition) is 4. The molecule has 2 aromatic rings. The Morgan fingerprint density at radius 3 is 2.23 bits per heavy atom. The van der Waals surface area contributed by atoms with E-state index in [1.165, 1.54) is 17.0 Å². The number of halogens is 2. The Bertz CT molecular complexity index is 1280. The maximum Gasteiger partial charge on any atom is 0.243 e. The zero-order valence-corrected chi connectivity index (χ0v) is 26.2. The molecule has 0 radical (unpaired) electrons. The van der Waals surface area contributed by atoms with Gasteiger partial charge in [-0.1, -0.05) is 61.5 Å². The van der Waals surface area contributed by atoms with Crippen molar-refractivity contribution in [2.24, 2.45) is 0 Å². The van der Waals surface area contributed by atoms with Crippen LogP contribution in [0.3, 0.4) is 0 Å². The minimum absolute atomic E-state index is 0.0886. The third-order valence-corrected chi connectivity index (χ3v) is 9.25. The summed E-state index contributed by atoms with van der Waals surface area (Å²) in [7, 11) is -3.56. The van der Waals surface area contributed by atoms with E-state index in [4.69, 9.17) is 23.2 Å². The minimum Gasteiger partial charge on any atom is -0.352 e. The van der Waals surface area contributed by atoms with Gasteiger partial charge in [0.15, 0.2) is 0 Å². The van der Waals surface area contributed by atoms with E-state index in [2.05, 4.69) is 5.32 Å². The fourth-order valence-electron chi connectivity index (χ4n) is 5.40. The molecule has 220 valence electrons. The lowest BCUT2D eigenvalue weighted by Gasteiger charge is -2.33. The highest BCUT2D eigenvalue weighted by Crippen LogP contribution is 2.26. The molecule has 1 unspecified atom stereocenters. The molecule has 40 heavy (non-hydrogen) atoms. The van der Waals surface area contributed by atoms with Crippen LogP contribution >= 0.6 is 23.2 Å². The standard InChI is InChI=1S/C30H41Cl2N3O4S/c1-5-28(30(37)33-24-10-7-6-8-11-24)34(20-23-13-14-26(31)27(32)19-23)29(36)12-9-15-35(40(4,38)39)25-17-21(2)16-22(3)18-25/h13-14,16-19,24,28H,5-12,15,20H2,1-4H3,(H,33,37). The molecule has 0 saturated heterocycles. The lowest BCUT2D eigenvalue weighted by molar-refractivity contribution is -0.141. The van der Waals surface area contributed by atoms with Crippen LogP contribution in [0.15, 0.2) is 36.4 Å². The SMILES string of the molecule is CCC(C(=O)NC1CCCCC1)N(Cc1ccc(Cl)c(Cl)c1)C(=O)CCCN(c1cc(C)cc(C)c1)S(C)(=O)=O. The van der Waals surface area contributed by atoms with Crippen LogP contribution in [0.5, 0.6) is 0 Å². The summed E-state index contributed by atoms with van der Waals surface area (Å²) >= 11 is 12.3. The monoisotopic (exact) mass is 609 g/mol. The number of benzene rings is 2. The fraction of sp³-hybridized carbons (Fsp3) is 0.533. The molecule has 0 aromatic heterocycles. The fourth-order valence-corrected chi connectivity index (χ4v) is 6.67. The summed E-state index contributed by atoms with van der Waals surface area (Å²) in [4.78, 5) is 28.7. The summed E-state index contributed by atoms with van der Waals surface area (Å²) in [6.45, 7) is 6.08. The second-order valence-corrected chi connectivity index (χ2v) is 13.5. The van der Waals surface area contributed by atoms with E-state index >= 15 is 0 Å². The van der Waals surface area contributed by atoms with Gasteiger partial charge in [-0.15, -0.1) is 0 Å². The molecule has 3 rings (SSSR count). The van der Waals surface area contributed by atoms with Crippen LogP contribution in [0.1, 0.15) is 75.0 Å². The zero-order valence-electron chi connectivity index (χ0n) is 23.9. The van der Waals surface area contributed by atoms with Gasteiger partial charge in [0, 0.05) is 25.6 Å². The molecule has 7 nitrogen and oxygen atoms in total. The number of sulfonamides is 1. The molecule has 0 bridgehead atoms. The number of nitrogens with one attached hydrogen (secondary N) is 1. The van der Waals surface area contributed by atoms with Crippen molar-refractivity contribution in [3.8, 4) is 0 Å². The first kappa shape index (κ1) is 32.2. The number of hydrogen-bond donors (Lipinski definition) is 1. The van der Waals surface area contributed by atoms with Crippen LogP contribution in [0.25, 0.3) is 0 Å². The average molecular weight is 611 g/mol. The quantitative estimate of drug-likeness (QED) is 0.301. The summed E-state index contributed by atoms with van der Waals surface area (Å²) in [5.74, 6) is -0.374. The summed E-state index contributed by atoms with van der Waals surface area (Å²) in [6.07, 6.45) is 7.26. The highest BCUT2D eigenvalue weighted by molar-refractivity contribution is 7.92. The smallest absolute Gasteiger partial charge is 0.243 e. The lowest BCUT2D eigenvalue weighted by atomic mass is 9.95. The van der Waals surface area contributed by atoms with E-state index in [9.17, 15) is 18.0 Å². The van der Waals surface area contributed by atoms with Crippen LogP contribution in [0.4, 0.5) is 5.69 Å². The number of anilines is 1. The number of carbonyl (C=O) groups excluding carboxylic acids is 2. The number of carbonyl (C=O) groups is 2. The van der Waals surface area contributed by atoms with E-state index in [1.54, 1.807) is 23.1 Å². The molecule has 1 aliphatic rings. The molecule has 1 aliphatic carbocycles. The van der Waals surface area contributed by atoms with Crippen molar-refractivity contribution >= 4 is 50.7 Å².